The Morgan fingerprint density at radius 3 is 2.73 bits per heavy atom. The van der Waals surface area contributed by atoms with E-state index in [4.69, 9.17) is 0 Å². The Balaban J connectivity index is 2.60. The molecule has 0 heterocycles. The van der Waals surface area contributed by atoms with Crippen molar-refractivity contribution in [2.45, 2.75) is 20.8 Å². The minimum atomic E-state index is 0.575. The van der Waals surface area contributed by atoms with E-state index in [-0.39, 0.29) is 0 Å². The molecule has 0 radical (unpaired) electrons. The molecule has 1 N–H and O–H groups in total. The first-order chi connectivity index (χ1) is 5.24. The molecule has 11 heavy (non-hydrogen) atoms. The average molecular weight is 151 g/mol. The van der Waals surface area contributed by atoms with E-state index in [1.165, 1.54) is 5.70 Å². The first-order valence-corrected chi connectivity index (χ1v) is 4.38. The molecule has 0 aromatic carbocycles. The summed E-state index contributed by atoms with van der Waals surface area (Å²) >= 11 is 0. The van der Waals surface area contributed by atoms with Gasteiger partial charge in [0.1, 0.15) is 0 Å². The molecular formula is C10H17N. The molecule has 0 saturated heterocycles. The van der Waals surface area contributed by atoms with Crippen molar-refractivity contribution in [1.29, 1.82) is 0 Å². The van der Waals surface area contributed by atoms with Crippen LogP contribution in [0.15, 0.2) is 23.9 Å². The van der Waals surface area contributed by atoms with Crippen LogP contribution in [0, 0.1) is 11.8 Å². The van der Waals surface area contributed by atoms with Crippen LogP contribution in [-0.4, -0.2) is 6.54 Å². The maximum Gasteiger partial charge on any atom is 0.0139 e. The zero-order valence-electron chi connectivity index (χ0n) is 7.59. The molecule has 0 fully saturated rings. The van der Waals surface area contributed by atoms with Gasteiger partial charge in [-0.3, -0.25) is 0 Å². The van der Waals surface area contributed by atoms with Crippen LogP contribution in [-0.2, 0) is 0 Å². The van der Waals surface area contributed by atoms with E-state index >= 15 is 0 Å². The highest BCUT2D eigenvalue weighted by Crippen LogP contribution is 2.18. The maximum atomic E-state index is 3.37. The van der Waals surface area contributed by atoms with E-state index in [9.17, 15) is 0 Å². The van der Waals surface area contributed by atoms with Gasteiger partial charge in [-0.1, -0.05) is 32.1 Å². The average Bonchev–Trinajstić information content (AvgIpc) is 1.98. The smallest absolute Gasteiger partial charge is 0.0139 e. The molecule has 2 atom stereocenters. The van der Waals surface area contributed by atoms with Gasteiger partial charge in [0.25, 0.3) is 0 Å². The second-order valence-corrected chi connectivity index (χ2v) is 3.19. The second-order valence-electron chi connectivity index (χ2n) is 3.19. The number of allylic oxidation sites excluding steroid dienone is 3. The summed E-state index contributed by atoms with van der Waals surface area (Å²) in [7, 11) is 0. The van der Waals surface area contributed by atoms with Crippen LogP contribution in [0.25, 0.3) is 0 Å². The molecule has 0 aromatic heterocycles. The Kier molecular flexibility index (Phi) is 2.75. The molecular weight excluding hydrogens is 134 g/mol. The Hall–Kier alpha value is -0.720. The van der Waals surface area contributed by atoms with Gasteiger partial charge < -0.3 is 5.32 Å². The molecule has 1 heteroatoms. The highest BCUT2D eigenvalue weighted by atomic mass is 14.9. The monoisotopic (exact) mass is 151 g/mol. The molecule has 0 spiro atoms. The molecule has 2 unspecified atom stereocenters. The van der Waals surface area contributed by atoms with E-state index in [0.717, 1.165) is 6.54 Å². The lowest BCUT2D eigenvalue weighted by Gasteiger charge is -2.19. The standard InChI is InChI=1S/C10H17N/c1-4-11-10-7-8(2)5-6-9(10)3/h5-9,11H,4H2,1-3H3. The quantitative estimate of drug-likeness (QED) is 0.597. The van der Waals surface area contributed by atoms with E-state index in [0.29, 0.717) is 11.8 Å². The minimum absolute atomic E-state index is 0.575. The van der Waals surface area contributed by atoms with E-state index in [2.05, 4.69) is 44.3 Å². The second kappa shape index (κ2) is 3.61. The summed E-state index contributed by atoms with van der Waals surface area (Å²) in [5, 5.41) is 3.37. The number of nitrogens with one attached hydrogen (secondary N) is 1. The van der Waals surface area contributed by atoms with Crippen LogP contribution in [0.3, 0.4) is 0 Å². The van der Waals surface area contributed by atoms with Crippen molar-refractivity contribution < 1.29 is 0 Å². The summed E-state index contributed by atoms with van der Waals surface area (Å²) in [5.74, 6) is 1.17. The van der Waals surface area contributed by atoms with Crippen LogP contribution in [0.2, 0.25) is 0 Å². The molecule has 1 rings (SSSR count). The summed E-state index contributed by atoms with van der Waals surface area (Å²) in [6.07, 6.45) is 6.82. The van der Waals surface area contributed by atoms with Gasteiger partial charge in [-0.15, -0.1) is 0 Å². The van der Waals surface area contributed by atoms with E-state index < -0.39 is 0 Å². The highest BCUT2D eigenvalue weighted by molar-refractivity contribution is 5.19. The number of hydrogen-bond acceptors (Lipinski definition) is 1. The van der Waals surface area contributed by atoms with Gasteiger partial charge in [-0.2, -0.15) is 0 Å². The van der Waals surface area contributed by atoms with Crippen molar-refractivity contribution >= 4 is 0 Å². The largest absolute Gasteiger partial charge is 0.388 e. The topological polar surface area (TPSA) is 12.0 Å². The van der Waals surface area contributed by atoms with Crippen molar-refractivity contribution in [3.05, 3.63) is 23.9 Å². The molecule has 62 valence electrons. The summed E-state index contributed by atoms with van der Waals surface area (Å²) in [5.41, 5.74) is 1.38. The molecule has 1 nitrogen and oxygen atoms in total. The third-order valence-electron chi connectivity index (χ3n) is 2.02. The van der Waals surface area contributed by atoms with E-state index in [1.54, 1.807) is 0 Å². The van der Waals surface area contributed by atoms with Gasteiger partial charge in [0, 0.05) is 18.2 Å². The predicted molar refractivity (Wildman–Crippen MR) is 49.2 cm³/mol. The summed E-state index contributed by atoms with van der Waals surface area (Å²) in [6, 6.07) is 0. The fourth-order valence-electron chi connectivity index (χ4n) is 1.36. The van der Waals surface area contributed by atoms with Crippen molar-refractivity contribution in [2.75, 3.05) is 6.54 Å². The van der Waals surface area contributed by atoms with Crippen molar-refractivity contribution in [2.24, 2.45) is 11.8 Å². The molecule has 0 saturated carbocycles. The van der Waals surface area contributed by atoms with Gasteiger partial charge in [-0.25, -0.2) is 0 Å². The SMILES string of the molecule is CCNC1=CC(C)C=CC1C. The van der Waals surface area contributed by atoms with Crippen molar-refractivity contribution in [3.8, 4) is 0 Å². The Morgan fingerprint density at radius 2 is 2.09 bits per heavy atom. The molecule has 0 amide bonds. The third-order valence-corrected chi connectivity index (χ3v) is 2.02. The van der Waals surface area contributed by atoms with Crippen LogP contribution >= 0.6 is 0 Å². The summed E-state index contributed by atoms with van der Waals surface area (Å²) in [4.78, 5) is 0. The molecule has 0 aromatic rings. The number of rotatable bonds is 2. The molecule has 1 aliphatic carbocycles. The Bertz CT molecular complexity index is 179. The van der Waals surface area contributed by atoms with Crippen molar-refractivity contribution in [3.63, 3.8) is 0 Å². The van der Waals surface area contributed by atoms with Gasteiger partial charge >= 0.3 is 0 Å². The minimum Gasteiger partial charge on any atom is -0.388 e. The Morgan fingerprint density at radius 1 is 1.36 bits per heavy atom. The third kappa shape index (κ3) is 2.11. The van der Waals surface area contributed by atoms with Gasteiger partial charge in [0.2, 0.25) is 0 Å². The number of hydrogen-bond donors (Lipinski definition) is 1. The van der Waals surface area contributed by atoms with Crippen LogP contribution < -0.4 is 5.32 Å². The zero-order chi connectivity index (χ0) is 8.27. The van der Waals surface area contributed by atoms with Crippen LogP contribution in [0.4, 0.5) is 0 Å². The molecule has 1 aliphatic rings. The fourth-order valence-corrected chi connectivity index (χ4v) is 1.36. The van der Waals surface area contributed by atoms with Gasteiger partial charge in [0.15, 0.2) is 0 Å². The predicted octanol–water partition coefficient (Wildman–Crippen LogP) is 2.32. The first-order valence-electron chi connectivity index (χ1n) is 4.38. The fraction of sp³-hybridized carbons (Fsp3) is 0.600. The van der Waals surface area contributed by atoms with Gasteiger partial charge in [-0.05, 0) is 12.8 Å². The summed E-state index contributed by atoms with van der Waals surface area (Å²) in [6.45, 7) is 7.59. The Labute approximate surface area is 69.2 Å². The molecule has 0 bridgehead atoms. The lowest BCUT2D eigenvalue weighted by atomic mass is 9.95. The summed E-state index contributed by atoms with van der Waals surface area (Å²) < 4.78 is 0. The lowest BCUT2D eigenvalue weighted by Crippen LogP contribution is -2.20. The zero-order valence-corrected chi connectivity index (χ0v) is 7.59. The van der Waals surface area contributed by atoms with Crippen LogP contribution in [0.5, 0.6) is 0 Å². The first kappa shape index (κ1) is 8.38. The highest BCUT2D eigenvalue weighted by Gasteiger charge is 2.09. The normalized spacial score (nSPS) is 29.9. The lowest BCUT2D eigenvalue weighted by molar-refractivity contribution is 0.677. The van der Waals surface area contributed by atoms with Crippen molar-refractivity contribution in [1.82, 2.24) is 5.32 Å². The van der Waals surface area contributed by atoms with E-state index in [1.807, 2.05) is 0 Å². The maximum absolute atomic E-state index is 3.37. The molecule has 0 aliphatic heterocycles. The van der Waals surface area contributed by atoms with Gasteiger partial charge in [0.05, 0.1) is 0 Å². The van der Waals surface area contributed by atoms with Crippen LogP contribution in [0.1, 0.15) is 20.8 Å².